The van der Waals surface area contributed by atoms with Crippen molar-refractivity contribution in [2.75, 3.05) is 6.26 Å². The Morgan fingerprint density at radius 3 is 2.19 bits per heavy atom. The second-order valence-electron chi connectivity index (χ2n) is 4.45. The van der Waals surface area contributed by atoms with E-state index in [1.54, 1.807) is 6.92 Å². The van der Waals surface area contributed by atoms with Gasteiger partial charge < -0.3 is 5.11 Å². The predicted octanol–water partition coefficient (Wildman–Crippen LogP) is 1.77. The van der Waals surface area contributed by atoms with Crippen molar-refractivity contribution in [3.8, 4) is 0 Å². The molecule has 0 bridgehead atoms. The van der Waals surface area contributed by atoms with Gasteiger partial charge in [0.25, 0.3) is 0 Å². The van der Waals surface area contributed by atoms with Crippen LogP contribution in [0, 0.1) is 12.7 Å². The molecule has 1 aromatic carbocycles. The van der Waals surface area contributed by atoms with Gasteiger partial charge in [0.2, 0.25) is 0 Å². The van der Waals surface area contributed by atoms with Crippen LogP contribution in [-0.2, 0) is 15.4 Å². The Labute approximate surface area is 94.8 Å². The van der Waals surface area contributed by atoms with Gasteiger partial charge in [-0.2, -0.15) is 0 Å². The zero-order valence-corrected chi connectivity index (χ0v) is 10.5. The number of benzene rings is 1. The van der Waals surface area contributed by atoms with E-state index in [2.05, 4.69) is 0 Å². The molecule has 0 heterocycles. The Kier molecular flexibility index (Phi) is 3.13. The summed E-state index contributed by atoms with van der Waals surface area (Å²) in [6.45, 7) is 4.32. The first-order valence-electron chi connectivity index (χ1n) is 4.76. The highest BCUT2D eigenvalue weighted by Crippen LogP contribution is 2.30. The fourth-order valence-electron chi connectivity index (χ4n) is 1.60. The Morgan fingerprint density at radius 2 is 1.81 bits per heavy atom. The largest absolute Gasteiger partial charge is 0.386 e. The van der Waals surface area contributed by atoms with Crippen molar-refractivity contribution in [3.63, 3.8) is 0 Å². The van der Waals surface area contributed by atoms with Crippen LogP contribution in [0.15, 0.2) is 17.0 Å². The van der Waals surface area contributed by atoms with Crippen LogP contribution in [0.5, 0.6) is 0 Å². The normalized spacial score (nSPS) is 12.9. The smallest absolute Gasteiger partial charge is 0.176 e. The standard InChI is InChI=1S/C11H15FO3S/c1-7-5-8(12)10(11(2,3)13)9(6-7)16(4,14)15/h5-6,13H,1-4H3. The van der Waals surface area contributed by atoms with E-state index in [4.69, 9.17) is 0 Å². The molecule has 0 aliphatic heterocycles. The van der Waals surface area contributed by atoms with E-state index in [0.29, 0.717) is 5.56 Å². The van der Waals surface area contributed by atoms with Crippen molar-refractivity contribution in [1.29, 1.82) is 0 Å². The number of rotatable bonds is 2. The highest BCUT2D eigenvalue weighted by Gasteiger charge is 2.28. The summed E-state index contributed by atoms with van der Waals surface area (Å²) in [7, 11) is -3.56. The first-order chi connectivity index (χ1) is 7.03. The van der Waals surface area contributed by atoms with E-state index in [9.17, 15) is 17.9 Å². The molecule has 1 N–H and O–H groups in total. The molecule has 90 valence electrons. The second-order valence-corrected chi connectivity index (χ2v) is 6.44. The maximum Gasteiger partial charge on any atom is 0.176 e. The van der Waals surface area contributed by atoms with Crippen molar-refractivity contribution in [2.24, 2.45) is 0 Å². The van der Waals surface area contributed by atoms with E-state index in [1.807, 2.05) is 0 Å². The maximum atomic E-state index is 13.7. The van der Waals surface area contributed by atoms with Gasteiger partial charge in [0.15, 0.2) is 9.84 Å². The summed E-state index contributed by atoms with van der Waals surface area (Å²) in [5.41, 5.74) is -1.21. The lowest BCUT2D eigenvalue weighted by atomic mass is 9.96. The minimum Gasteiger partial charge on any atom is -0.386 e. The summed E-state index contributed by atoms with van der Waals surface area (Å²) >= 11 is 0. The highest BCUT2D eigenvalue weighted by atomic mass is 32.2. The molecule has 0 fully saturated rings. The summed E-state index contributed by atoms with van der Waals surface area (Å²) in [4.78, 5) is -0.155. The molecule has 1 rings (SSSR count). The minimum atomic E-state index is -3.56. The van der Waals surface area contributed by atoms with Gasteiger partial charge in [-0.05, 0) is 38.5 Å². The zero-order valence-electron chi connectivity index (χ0n) is 9.70. The van der Waals surface area contributed by atoms with Crippen LogP contribution in [0.2, 0.25) is 0 Å². The molecule has 0 saturated carbocycles. The number of sulfone groups is 1. The topological polar surface area (TPSA) is 54.4 Å². The highest BCUT2D eigenvalue weighted by molar-refractivity contribution is 7.90. The summed E-state index contributed by atoms with van der Waals surface area (Å²) in [5.74, 6) is -0.701. The van der Waals surface area contributed by atoms with Crippen molar-refractivity contribution in [1.82, 2.24) is 0 Å². The molecule has 0 atom stereocenters. The van der Waals surface area contributed by atoms with Crippen molar-refractivity contribution < 1.29 is 17.9 Å². The average Bonchev–Trinajstić information content (AvgIpc) is 1.97. The quantitative estimate of drug-likeness (QED) is 0.865. The fraction of sp³-hybridized carbons (Fsp3) is 0.455. The van der Waals surface area contributed by atoms with Crippen LogP contribution >= 0.6 is 0 Å². The lowest BCUT2D eigenvalue weighted by Crippen LogP contribution is -2.22. The van der Waals surface area contributed by atoms with E-state index < -0.39 is 21.3 Å². The molecule has 0 radical (unpaired) electrons. The van der Waals surface area contributed by atoms with Crippen LogP contribution in [0.4, 0.5) is 4.39 Å². The number of aryl methyl sites for hydroxylation is 1. The van der Waals surface area contributed by atoms with Gasteiger partial charge >= 0.3 is 0 Å². The summed E-state index contributed by atoms with van der Waals surface area (Å²) < 4.78 is 36.8. The maximum absolute atomic E-state index is 13.7. The monoisotopic (exact) mass is 246 g/mol. The van der Waals surface area contributed by atoms with Crippen molar-refractivity contribution in [3.05, 3.63) is 29.1 Å². The molecule has 0 saturated heterocycles. The first kappa shape index (κ1) is 13.1. The number of aliphatic hydroxyl groups is 1. The van der Waals surface area contributed by atoms with Gasteiger partial charge in [0, 0.05) is 11.8 Å². The predicted molar refractivity (Wildman–Crippen MR) is 59.5 cm³/mol. The van der Waals surface area contributed by atoms with Crippen molar-refractivity contribution in [2.45, 2.75) is 31.3 Å². The third-order valence-corrected chi connectivity index (χ3v) is 3.33. The van der Waals surface area contributed by atoms with Gasteiger partial charge in [-0.25, -0.2) is 12.8 Å². The van der Waals surface area contributed by atoms with Crippen molar-refractivity contribution >= 4 is 9.84 Å². The molecule has 0 amide bonds. The number of hydrogen-bond acceptors (Lipinski definition) is 3. The molecule has 0 unspecified atom stereocenters. The van der Waals surface area contributed by atoms with Crippen LogP contribution in [0.25, 0.3) is 0 Å². The lowest BCUT2D eigenvalue weighted by Gasteiger charge is -2.22. The van der Waals surface area contributed by atoms with Gasteiger partial charge in [-0.15, -0.1) is 0 Å². The molecular formula is C11H15FO3S. The van der Waals surface area contributed by atoms with Crippen LogP contribution in [-0.4, -0.2) is 19.8 Å². The van der Waals surface area contributed by atoms with E-state index in [1.165, 1.54) is 26.0 Å². The summed E-state index contributed by atoms with van der Waals surface area (Å²) in [6, 6.07) is 2.58. The zero-order chi connectivity index (χ0) is 12.7. The number of hydrogen-bond donors (Lipinski definition) is 1. The van der Waals surface area contributed by atoms with Crippen LogP contribution in [0.3, 0.4) is 0 Å². The molecular weight excluding hydrogens is 231 g/mol. The molecule has 0 spiro atoms. The van der Waals surface area contributed by atoms with Gasteiger partial charge in [-0.1, -0.05) is 0 Å². The fourth-order valence-corrected chi connectivity index (χ4v) is 2.71. The summed E-state index contributed by atoms with van der Waals surface area (Å²) in [5, 5.41) is 9.80. The van der Waals surface area contributed by atoms with Gasteiger partial charge in [0.05, 0.1) is 10.5 Å². The second kappa shape index (κ2) is 3.82. The molecule has 3 nitrogen and oxygen atoms in total. The lowest BCUT2D eigenvalue weighted by molar-refractivity contribution is 0.0712. The number of halogens is 1. The minimum absolute atomic E-state index is 0.155. The average molecular weight is 246 g/mol. The van der Waals surface area contributed by atoms with Gasteiger partial charge in [-0.3, -0.25) is 0 Å². The summed E-state index contributed by atoms with van der Waals surface area (Å²) in [6.07, 6.45) is 0.996. The molecule has 16 heavy (non-hydrogen) atoms. The van der Waals surface area contributed by atoms with Crippen LogP contribution in [0.1, 0.15) is 25.0 Å². The van der Waals surface area contributed by atoms with Crippen LogP contribution < -0.4 is 0 Å². The molecule has 5 heteroatoms. The SMILES string of the molecule is Cc1cc(F)c(C(C)(C)O)c(S(C)(=O)=O)c1. The molecule has 0 aromatic heterocycles. The third kappa shape index (κ3) is 2.59. The van der Waals surface area contributed by atoms with E-state index in [-0.39, 0.29) is 10.5 Å². The molecule has 0 aliphatic rings. The Bertz CT molecular complexity index is 513. The third-order valence-electron chi connectivity index (χ3n) is 2.21. The Hall–Kier alpha value is -0.940. The molecule has 1 aromatic rings. The first-order valence-corrected chi connectivity index (χ1v) is 6.65. The Balaban J connectivity index is 3.72. The van der Waals surface area contributed by atoms with E-state index in [0.717, 1.165) is 6.26 Å². The molecule has 0 aliphatic carbocycles. The van der Waals surface area contributed by atoms with Gasteiger partial charge in [0.1, 0.15) is 5.82 Å². The Morgan fingerprint density at radius 1 is 1.31 bits per heavy atom. The van der Waals surface area contributed by atoms with E-state index >= 15 is 0 Å².